The maximum absolute atomic E-state index is 14.0. The van der Waals surface area contributed by atoms with E-state index in [0.29, 0.717) is 19.3 Å². The van der Waals surface area contributed by atoms with E-state index in [2.05, 4.69) is 72.5 Å². The number of carbonyl (C=O) groups is 1. The Bertz CT molecular complexity index is 1400. The fourth-order valence-corrected chi connectivity index (χ4v) is 6.76. The number of fused-ring (bicyclic) bond motifs is 1. The molecular weight excluding hydrogens is 524 g/mol. The molecule has 1 atom stereocenters. The summed E-state index contributed by atoms with van der Waals surface area (Å²) < 4.78 is 27.3. The van der Waals surface area contributed by atoms with Crippen LogP contribution in [0.1, 0.15) is 79.3 Å². The molecule has 0 aromatic heterocycles. The second-order valence-corrected chi connectivity index (χ2v) is 11.7. The van der Waals surface area contributed by atoms with Crippen molar-refractivity contribution in [2.24, 2.45) is 0 Å². The van der Waals surface area contributed by atoms with Crippen LogP contribution in [0.15, 0.2) is 103 Å². The topological polar surface area (TPSA) is 20.3 Å². The molecule has 0 N–H and O–H groups in total. The molecule has 42 heavy (non-hydrogen) atoms. The van der Waals surface area contributed by atoms with Gasteiger partial charge in [-0.15, -0.1) is 0 Å². The van der Waals surface area contributed by atoms with Gasteiger partial charge in [0.05, 0.1) is 0 Å². The smallest absolute Gasteiger partial charge is 0.133 e. The van der Waals surface area contributed by atoms with Gasteiger partial charge in [-0.05, 0) is 104 Å². The Hall–Kier alpha value is -3.63. The molecule has 0 spiro atoms. The fourth-order valence-electron chi connectivity index (χ4n) is 6.76. The highest BCUT2D eigenvalue weighted by Gasteiger charge is 2.34. The molecular formula is C38H41F2NO. The summed E-state index contributed by atoms with van der Waals surface area (Å²) in [7, 11) is 0. The van der Waals surface area contributed by atoms with Crippen LogP contribution in [0.2, 0.25) is 0 Å². The van der Waals surface area contributed by atoms with Crippen LogP contribution in [0.25, 0.3) is 0 Å². The van der Waals surface area contributed by atoms with Crippen LogP contribution >= 0.6 is 0 Å². The van der Waals surface area contributed by atoms with Crippen LogP contribution in [-0.2, 0) is 23.1 Å². The van der Waals surface area contributed by atoms with Crippen molar-refractivity contribution in [3.05, 3.63) is 143 Å². The Morgan fingerprint density at radius 2 is 1.40 bits per heavy atom. The van der Waals surface area contributed by atoms with Gasteiger partial charge in [0, 0.05) is 30.8 Å². The molecule has 0 amide bonds. The summed E-state index contributed by atoms with van der Waals surface area (Å²) in [5, 5.41) is 0. The zero-order valence-electron chi connectivity index (χ0n) is 24.6. The molecule has 0 radical (unpaired) electrons. The summed E-state index contributed by atoms with van der Waals surface area (Å²) in [4.78, 5) is 15.4. The van der Waals surface area contributed by atoms with Crippen molar-refractivity contribution in [2.75, 3.05) is 13.1 Å². The van der Waals surface area contributed by atoms with E-state index in [1.165, 1.54) is 28.8 Å². The number of benzene rings is 4. The van der Waals surface area contributed by atoms with E-state index in [9.17, 15) is 13.6 Å². The van der Waals surface area contributed by atoms with Gasteiger partial charge in [-0.2, -0.15) is 0 Å². The predicted molar refractivity (Wildman–Crippen MR) is 167 cm³/mol. The third-order valence-corrected chi connectivity index (χ3v) is 9.14. The second kappa shape index (κ2) is 14.0. The largest absolute Gasteiger partial charge is 0.300 e. The first-order valence-electron chi connectivity index (χ1n) is 15.3. The average molecular weight is 566 g/mol. The number of ketones is 1. The number of rotatable bonds is 13. The molecule has 0 bridgehead atoms. The van der Waals surface area contributed by atoms with Crippen LogP contribution in [0.3, 0.4) is 0 Å². The van der Waals surface area contributed by atoms with Crippen molar-refractivity contribution in [3.63, 3.8) is 0 Å². The van der Waals surface area contributed by atoms with Gasteiger partial charge in [-0.1, -0.05) is 78.9 Å². The van der Waals surface area contributed by atoms with Crippen LogP contribution in [-0.4, -0.2) is 23.8 Å². The number of aryl methyl sites for hydroxylation is 1. The van der Waals surface area contributed by atoms with E-state index in [-0.39, 0.29) is 28.9 Å². The average Bonchev–Trinajstić information content (AvgIpc) is 3.02. The number of carbonyl (C=O) groups excluding carboxylic acids is 1. The highest BCUT2D eigenvalue weighted by molar-refractivity contribution is 5.78. The molecule has 5 rings (SSSR count). The highest BCUT2D eigenvalue weighted by Crippen LogP contribution is 2.42. The summed E-state index contributed by atoms with van der Waals surface area (Å²) >= 11 is 0. The number of Topliss-reactive ketones (excluding diaryl/α,β-unsaturated/α-hetero) is 1. The van der Waals surface area contributed by atoms with Gasteiger partial charge in [-0.25, -0.2) is 8.78 Å². The van der Waals surface area contributed by atoms with E-state index < -0.39 is 0 Å². The minimum Gasteiger partial charge on any atom is -0.300 e. The normalized spacial score (nSPS) is 15.4. The van der Waals surface area contributed by atoms with E-state index in [4.69, 9.17) is 0 Å². The molecule has 0 aliphatic carbocycles. The predicted octanol–water partition coefficient (Wildman–Crippen LogP) is 9.02. The Morgan fingerprint density at radius 1 is 0.786 bits per heavy atom. The van der Waals surface area contributed by atoms with Crippen LogP contribution in [0, 0.1) is 11.6 Å². The van der Waals surface area contributed by atoms with E-state index in [1.54, 1.807) is 24.3 Å². The molecule has 1 aliphatic heterocycles. The van der Waals surface area contributed by atoms with Crippen molar-refractivity contribution in [1.29, 1.82) is 0 Å². The van der Waals surface area contributed by atoms with Gasteiger partial charge in [-0.3, -0.25) is 9.69 Å². The van der Waals surface area contributed by atoms with Crippen molar-refractivity contribution in [2.45, 2.75) is 69.7 Å². The molecule has 0 fully saturated rings. The summed E-state index contributed by atoms with van der Waals surface area (Å²) in [5.41, 5.74) is 5.72. The minimum absolute atomic E-state index is 0.165. The monoisotopic (exact) mass is 565 g/mol. The summed E-state index contributed by atoms with van der Waals surface area (Å²) in [6.45, 7) is 4.11. The lowest BCUT2D eigenvalue weighted by molar-refractivity contribution is -0.119. The molecule has 1 heterocycles. The highest BCUT2D eigenvalue weighted by atomic mass is 19.1. The van der Waals surface area contributed by atoms with Crippen LogP contribution < -0.4 is 0 Å². The van der Waals surface area contributed by atoms with Crippen molar-refractivity contribution in [1.82, 2.24) is 4.90 Å². The standard InChI is InChI=1S/C38H41F2NO/c1-29-37-28-35(40)21-18-31(37)23-27-41(29)26-9-25-38(32-10-4-2-5-11-32,33-12-6-3-7-13-33)24-8-14-36(42)22-17-30-15-19-34(39)20-16-30/h2-7,10-13,15-16,18-21,28-29H,8-9,14,17,22-27H2,1H3. The zero-order chi connectivity index (χ0) is 29.4. The first-order chi connectivity index (χ1) is 20.4. The number of nitrogens with zero attached hydrogens (tertiary/aromatic N) is 1. The first kappa shape index (κ1) is 29.8. The number of halogens is 2. The molecule has 0 saturated carbocycles. The Labute approximate surface area is 249 Å². The molecule has 4 aromatic carbocycles. The third-order valence-electron chi connectivity index (χ3n) is 9.14. The van der Waals surface area contributed by atoms with E-state index in [1.807, 2.05) is 6.07 Å². The lowest BCUT2D eigenvalue weighted by atomic mass is 9.68. The zero-order valence-corrected chi connectivity index (χ0v) is 24.6. The van der Waals surface area contributed by atoms with E-state index >= 15 is 0 Å². The molecule has 1 aliphatic rings. The van der Waals surface area contributed by atoms with E-state index in [0.717, 1.165) is 56.3 Å². The molecule has 4 aromatic rings. The van der Waals surface area contributed by atoms with Gasteiger partial charge in [0.1, 0.15) is 17.4 Å². The quantitative estimate of drug-likeness (QED) is 0.161. The maximum Gasteiger partial charge on any atom is 0.133 e. The number of hydrogen-bond donors (Lipinski definition) is 0. The maximum atomic E-state index is 14.0. The molecule has 4 heteroatoms. The SMILES string of the molecule is CC1c2cc(F)ccc2CCN1CCCC(CCCC(=O)CCc1ccc(F)cc1)(c1ccccc1)c1ccccc1. The Morgan fingerprint density at radius 3 is 2.07 bits per heavy atom. The summed E-state index contributed by atoms with van der Waals surface area (Å²) in [6.07, 6.45) is 6.25. The number of hydrogen-bond acceptors (Lipinski definition) is 2. The van der Waals surface area contributed by atoms with Crippen LogP contribution in [0.4, 0.5) is 8.78 Å². The van der Waals surface area contributed by atoms with Crippen molar-refractivity contribution in [3.8, 4) is 0 Å². The van der Waals surface area contributed by atoms with Crippen molar-refractivity contribution >= 4 is 5.78 Å². The van der Waals surface area contributed by atoms with Gasteiger partial charge >= 0.3 is 0 Å². The van der Waals surface area contributed by atoms with Gasteiger partial charge < -0.3 is 0 Å². The summed E-state index contributed by atoms with van der Waals surface area (Å²) in [5.74, 6) is -0.166. The molecule has 218 valence electrons. The first-order valence-corrected chi connectivity index (χ1v) is 15.3. The molecule has 0 saturated heterocycles. The van der Waals surface area contributed by atoms with Gasteiger partial charge in [0.15, 0.2) is 0 Å². The third kappa shape index (κ3) is 7.22. The molecule has 1 unspecified atom stereocenters. The van der Waals surface area contributed by atoms with Gasteiger partial charge in [0.2, 0.25) is 0 Å². The van der Waals surface area contributed by atoms with Gasteiger partial charge in [0.25, 0.3) is 0 Å². The minimum atomic E-state index is -0.253. The Kier molecular flexibility index (Phi) is 9.97. The lowest BCUT2D eigenvalue weighted by Crippen LogP contribution is -2.36. The molecule has 2 nitrogen and oxygen atoms in total. The van der Waals surface area contributed by atoms with Crippen molar-refractivity contribution < 1.29 is 13.6 Å². The van der Waals surface area contributed by atoms with Crippen LogP contribution in [0.5, 0.6) is 0 Å². The lowest BCUT2D eigenvalue weighted by Gasteiger charge is -2.38. The Balaban J connectivity index is 1.29. The summed E-state index contributed by atoms with van der Waals surface area (Å²) in [6, 6.07) is 33.3. The fraction of sp³-hybridized carbons (Fsp3) is 0.342. The second-order valence-electron chi connectivity index (χ2n) is 11.7.